The van der Waals surface area contributed by atoms with Gasteiger partial charge in [-0.25, -0.2) is 0 Å². The molecule has 0 unspecified atom stereocenters. The third kappa shape index (κ3) is 4.79. The van der Waals surface area contributed by atoms with Crippen LogP contribution in [0.3, 0.4) is 0 Å². The molecule has 4 rings (SSSR count). The summed E-state index contributed by atoms with van der Waals surface area (Å²) in [6, 6.07) is 10.5. The number of aliphatic imine (C=N–C) groups is 1. The summed E-state index contributed by atoms with van der Waals surface area (Å²) in [5.74, 6) is -0.720. The minimum absolute atomic E-state index is 0.0856. The van der Waals surface area contributed by atoms with E-state index in [-0.39, 0.29) is 24.8 Å². The number of hydrogen-bond donors (Lipinski definition) is 2. The van der Waals surface area contributed by atoms with Crippen molar-refractivity contribution in [1.82, 2.24) is 4.98 Å². The number of alkyl halides is 6. The lowest BCUT2D eigenvalue weighted by Gasteiger charge is -2.18. The fourth-order valence-electron chi connectivity index (χ4n) is 3.57. The maximum atomic E-state index is 13.4. The van der Waals surface area contributed by atoms with Gasteiger partial charge in [-0.2, -0.15) is 26.3 Å². The van der Waals surface area contributed by atoms with Gasteiger partial charge in [-0.3, -0.25) is 14.8 Å². The molecule has 0 aliphatic carbocycles. The molecule has 0 spiro atoms. The number of halogens is 6. The Kier molecular flexibility index (Phi) is 5.90. The second kappa shape index (κ2) is 8.56. The average molecular weight is 479 g/mol. The number of hydrogen-bond acceptors (Lipinski definition) is 4. The van der Waals surface area contributed by atoms with Crippen molar-refractivity contribution >= 4 is 23.0 Å². The van der Waals surface area contributed by atoms with E-state index in [1.54, 1.807) is 36.4 Å². The molecule has 11 heteroatoms. The highest BCUT2D eigenvalue weighted by molar-refractivity contribution is 6.17. The van der Waals surface area contributed by atoms with Crippen LogP contribution in [0.1, 0.15) is 28.8 Å². The van der Waals surface area contributed by atoms with E-state index in [4.69, 9.17) is 0 Å². The molecular formula is C23H15F6N3O2. The van der Waals surface area contributed by atoms with E-state index in [9.17, 15) is 36.2 Å². The highest BCUT2D eigenvalue weighted by Gasteiger charge is 2.44. The number of benzene rings is 2. The van der Waals surface area contributed by atoms with Gasteiger partial charge in [-0.1, -0.05) is 18.2 Å². The van der Waals surface area contributed by atoms with Crippen molar-refractivity contribution in [3.05, 3.63) is 77.1 Å². The number of anilines is 1. The largest absolute Gasteiger partial charge is 0.417 e. The van der Waals surface area contributed by atoms with Crippen LogP contribution in [0.15, 0.2) is 59.7 Å². The van der Waals surface area contributed by atoms with Gasteiger partial charge in [0, 0.05) is 6.20 Å². The highest BCUT2D eigenvalue weighted by atomic mass is 19.4. The summed E-state index contributed by atoms with van der Waals surface area (Å²) in [5, 5.41) is 11.5. The van der Waals surface area contributed by atoms with Crippen LogP contribution in [-0.2, 0) is 23.8 Å². The Hall–Kier alpha value is -3.73. The van der Waals surface area contributed by atoms with E-state index in [2.05, 4.69) is 15.3 Å². The minimum Gasteiger partial charge on any atom is -0.390 e. The molecule has 1 aliphatic rings. The Balaban J connectivity index is 1.84. The van der Waals surface area contributed by atoms with E-state index in [0.29, 0.717) is 28.5 Å². The fourth-order valence-corrected chi connectivity index (χ4v) is 3.57. The number of carbonyl (C=O) groups is 1. The Bertz CT molecular complexity index is 1300. The molecule has 2 heterocycles. The number of aliphatic hydroxyl groups excluding tert-OH is 1. The highest BCUT2D eigenvalue weighted by Crippen LogP contribution is 2.45. The summed E-state index contributed by atoms with van der Waals surface area (Å²) in [6.07, 6.45) is -9.43. The Labute approximate surface area is 188 Å². The first-order chi connectivity index (χ1) is 16.0. The van der Waals surface area contributed by atoms with Crippen LogP contribution < -0.4 is 5.32 Å². The maximum absolute atomic E-state index is 13.4. The number of fused-ring (bicyclic) bond motifs is 1. The van der Waals surface area contributed by atoms with Crippen molar-refractivity contribution in [3.8, 4) is 11.1 Å². The number of aliphatic hydroxyl groups is 1. The predicted molar refractivity (Wildman–Crippen MR) is 111 cm³/mol. The minimum atomic E-state index is -5.28. The van der Waals surface area contributed by atoms with Gasteiger partial charge in [0.15, 0.2) is 0 Å². The SMILES string of the molecule is O=C1CC(c2cccc(-c3ccnc(CO)c3)c2)=Nc2cc(C(F)(F)F)c(C(F)(F)F)cc2N1. The summed E-state index contributed by atoms with van der Waals surface area (Å²) < 4.78 is 80.0. The zero-order chi connectivity index (χ0) is 24.7. The quantitative estimate of drug-likeness (QED) is 0.471. The molecule has 1 aromatic heterocycles. The first-order valence-electron chi connectivity index (χ1n) is 9.82. The number of amides is 1. The molecule has 1 aliphatic heterocycles. The summed E-state index contributed by atoms with van der Waals surface area (Å²) in [7, 11) is 0. The second-order valence-corrected chi connectivity index (χ2v) is 7.47. The maximum Gasteiger partial charge on any atom is 0.417 e. The van der Waals surface area contributed by atoms with Gasteiger partial charge in [0.1, 0.15) is 0 Å². The number of rotatable bonds is 3. The number of aromatic nitrogens is 1. The summed E-state index contributed by atoms with van der Waals surface area (Å²) in [6.45, 7) is -0.279. The number of carbonyl (C=O) groups excluding carboxylic acids is 1. The average Bonchev–Trinajstić information content (AvgIpc) is 2.94. The molecule has 5 nitrogen and oxygen atoms in total. The van der Waals surface area contributed by atoms with Crippen LogP contribution in [0, 0.1) is 0 Å². The van der Waals surface area contributed by atoms with Crippen molar-refractivity contribution in [2.75, 3.05) is 5.32 Å². The van der Waals surface area contributed by atoms with Crippen molar-refractivity contribution in [1.29, 1.82) is 0 Å². The smallest absolute Gasteiger partial charge is 0.390 e. The topological polar surface area (TPSA) is 74.6 Å². The van der Waals surface area contributed by atoms with Crippen molar-refractivity contribution in [2.45, 2.75) is 25.4 Å². The standard InChI is InChI=1S/C23H15F6N3O2/c24-22(25,26)16-8-19-20(9-17(16)23(27,28)29)32-21(34)10-18(31-19)14-3-1-2-12(6-14)13-4-5-30-15(7-13)11-33/h1-9,33H,10-11H2,(H,32,34). The molecule has 0 fully saturated rings. The van der Waals surface area contributed by atoms with Gasteiger partial charge in [0.25, 0.3) is 0 Å². The van der Waals surface area contributed by atoms with Gasteiger partial charge < -0.3 is 10.4 Å². The van der Waals surface area contributed by atoms with Gasteiger partial charge in [-0.05, 0) is 47.0 Å². The van der Waals surface area contributed by atoms with Gasteiger partial charge in [-0.15, -0.1) is 0 Å². The van der Waals surface area contributed by atoms with Crippen LogP contribution in [0.2, 0.25) is 0 Å². The van der Waals surface area contributed by atoms with Crippen LogP contribution >= 0.6 is 0 Å². The lowest BCUT2D eigenvalue weighted by molar-refractivity contribution is -0.162. The van der Waals surface area contributed by atoms with Gasteiger partial charge in [0.2, 0.25) is 5.91 Å². The van der Waals surface area contributed by atoms with Crippen molar-refractivity contribution < 1.29 is 36.2 Å². The van der Waals surface area contributed by atoms with E-state index in [1.165, 1.54) is 6.20 Å². The van der Waals surface area contributed by atoms with E-state index in [0.717, 1.165) is 0 Å². The van der Waals surface area contributed by atoms with Crippen LogP contribution in [0.4, 0.5) is 37.7 Å². The normalized spacial score (nSPS) is 14.2. The molecule has 176 valence electrons. The first kappa shape index (κ1) is 23.4. The molecule has 0 radical (unpaired) electrons. The Morgan fingerprint density at radius 3 is 2.21 bits per heavy atom. The zero-order valence-corrected chi connectivity index (χ0v) is 17.1. The van der Waals surface area contributed by atoms with E-state index < -0.39 is 40.8 Å². The number of nitrogens with zero attached hydrogens (tertiary/aromatic N) is 2. The van der Waals surface area contributed by atoms with E-state index >= 15 is 0 Å². The van der Waals surface area contributed by atoms with Crippen molar-refractivity contribution in [2.24, 2.45) is 4.99 Å². The molecule has 0 atom stereocenters. The predicted octanol–water partition coefficient (Wildman–Crippen LogP) is 5.74. The number of nitrogens with one attached hydrogen (secondary N) is 1. The fraction of sp³-hybridized carbons (Fsp3) is 0.174. The molecule has 3 aromatic rings. The zero-order valence-electron chi connectivity index (χ0n) is 17.1. The third-order valence-corrected chi connectivity index (χ3v) is 5.11. The lowest BCUT2D eigenvalue weighted by Crippen LogP contribution is -2.18. The first-order valence-corrected chi connectivity index (χ1v) is 9.82. The molecule has 2 N–H and O–H groups in total. The molecule has 2 aromatic carbocycles. The third-order valence-electron chi connectivity index (χ3n) is 5.11. The summed E-state index contributed by atoms with van der Waals surface area (Å²) >= 11 is 0. The van der Waals surface area contributed by atoms with Gasteiger partial charge >= 0.3 is 12.4 Å². The molecule has 0 saturated heterocycles. The molecule has 34 heavy (non-hydrogen) atoms. The van der Waals surface area contributed by atoms with Gasteiger partial charge in [0.05, 0.1) is 46.9 Å². The van der Waals surface area contributed by atoms with Crippen LogP contribution in [0.25, 0.3) is 11.1 Å². The molecule has 1 amide bonds. The second-order valence-electron chi connectivity index (χ2n) is 7.47. The summed E-state index contributed by atoms with van der Waals surface area (Å²) in [5.41, 5.74) is -2.44. The van der Waals surface area contributed by atoms with E-state index in [1.807, 2.05) is 0 Å². The van der Waals surface area contributed by atoms with Crippen LogP contribution in [0.5, 0.6) is 0 Å². The van der Waals surface area contributed by atoms with Crippen LogP contribution in [-0.4, -0.2) is 21.7 Å². The Morgan fingerprint density at radius 1 is 0.882 bits per heavy atom. The molecule has 0 saturated carbocycles. The summed E-state index contributed by atoms with van der Waals surface area (Å²) in [4.78, 5) is 20.5. The monoisotopic (exact) mass is 479 g/mol. The number of pyridine rings is 1. The molecule has 0 bridgehead atoms. The Morgan fingerprint density at radius 2 is 1.53 bits per heavy atom. The molecular weight excluding hydrogens is 464 g/mol. The lowest BCUT2D eigenvalue weighted by atomic mass is 9.99. The van der Waals surface area contributed by atoms with Crippen molar-refractivity contribution in [3.63, 3.8) is 0 Å².